The Labute approximate surface area is 250 Å². The van der Waals surface area contributed by atoms with Gasteiger partial charge in [0.25, 0.3) is 0 Å². The summed E-state index contributed by atoms with van der Waals surface area (Å²) in [6.07, 6.45) is 4.40. The Balaban J connectivity index is 1.63. The van der Waals surface area contributed by atoms with Gasteiger partial charge in [-0.1, -0.05) is 56.2 Å². The normalized spacial score (nSPS) is 18.1. The number of carbonyl (C=O) groups excluding carboxylic acids is 2. The topological polar surface area (TPSA) is 61.9 Å². The summed E-state index contributed by atoms with van der Waals surface area (Å²) in [6.45, 7) is 8.28. The third-order valence-electron chi connectivity index (χ3n) is 8.68. The van der Waals surface area contributed by atoms with Crippen LogP contribution in [0.25, 0.3) is 0 Å². The van der Waals surface area contributed by atoms with E-state index in [9.17, 15) is 9.59 Å². The van der Waals surface area contributed by atoms with Gasteiger partial charge >= 0.3 is 0 Å². The second-order valence-electron chi connectivity index (χ2n) is 11.2. The molecule has 220 valence electrons. The lowest BCUT2D eigenvalue weighted by Crippen LogP contribution is -2.38. The highest BCUT2D eigenvalue weighted by Gasteiger charge is 2.41. The van der Waals surface area contributed by atoms with Crippen LogP contribution in [0.3, 0.4) is 0 Å². The van der Waals surface area contributed by atoms with Crippen molar-refractivity contribution in [3.05, 3.63) is 95.2 Å². The molecule has 0 bridgehead atoms. The van der Waals surface area contributed by atoms with Crippen LogP contribution in [-0.2, 0) is 9.59 Å². The highest BCUT2D eigenvalue weighted by molar-refractivity contribution is 6.06. The van der Waals surface area contributed by atoms with E-state index in [2.05, 4.69) is 67.4 Å². The summed E-state index contributed by atoms with van der Waals surface area (Å²) in [5.74, 6) is 0.975. The van der Waals surface area contributed by atoms with Gasteiger partial charge in [0.2, 0.25) is 5.91 Å². The molecule has 0 saturated carbocycles. The summed E-state index contributed by atoms with van der Waals surface area (Å²) in [6, 6.07) is 23.9. The number of fused-ring (bicyclic) bond motifs is 1. The number of anilines is 3. The summed E-state index contributed by atoms with van der Waals surface area (Å²) in [7, 11) is 1.66. The van der Waals surface area contributed by atoms with Crippen molar-refractivity contribution in [2.24, 2.45) is 0 Å². The molecule has 1 aliphatic carbocycles. The summed E-state index contributed by atoms with van der Waals surface area (Å²) in [5.41, 5.74) is 6.50. The number of nitrogens with one attached hydrogen (secondary N) is 1. The first-order valence-electron chi connectivity index (χ1n) is 15.4. The molecule has 6 heteroatoms. The van der Waals surface area contributed by atoms with Gasteiger partial charge in [0, 0.05) is 42.9 Å². The van der Waals surface area contributed by atoms with E-state index in [0.717, 1.165) is 72.0 Å². The molecule has 42 heavy (non-hydrogen) atoms. The average Bonchev–Trinajstić information content (AvgIpc) is 3.17. The standard InChI is InChI=1S/C36H43N3O3/c1-5-8-9-14-34(41)39-32-13-11-10-12-30(32)37-31-23-27(25-17-21-29(42-4)22-18-25)24-33(40)35(31)36(39)26-15-19-28(20-16-26)38(6-2)7-3/h10-13,15-22,27,36-37H,5-9,14,23-24H2,1-4H3. The molecule has 1 N–H and O–H groups in total. The molecule has 6 nitrogen and oxygen atoms in total. The number of benzene rings is 3. The zero-order valence-corrected chi connectivity index (χ0v) is 25.4. The van der Waals surface area contributed by atoms with Gasteiger partial charge < -0.3 is 15.0 Å². The van der Waals surface area contributed by atoms with Gasteiger partial charge in [-0.05, 0) is 80.1 Å². The SMILES string of the molecule is CCCCCC(=O)N1c2ccccc2NC2=C(C(=O)CC(c3ccc(OC)cc3)C2)C1c1ccc(N(CC)CC)cc1. The first-order chi connectivity index (χ1) is 20.5. The van der Waals surface area contributed by atoms with E-state index in [1.165, 1.54) is 0 Å². The summed E-state index contributed by atoms with van der Waals surface area (Å²) < 4.78 is 5.36. The number of rotatable bonds is 10. The smallest absolute Gasteiger partial charge is 0.227 e. The van der Waals surface area contributed by atoms with Crippen molar-refractivity contribution in [2.45, 2.75) is 71.3 Å². The number of methoxy groups -OCH3 is 1. The fourth-order valence-corrected chi connectivity index (χ4v) is 6.40. The Morgan fingerprint density at radius 3 is 2.26 bits per heavy atom. The molecular formula is C36H43N3O3. The van der Waals surface area contributed by atoms with Crippen LogP contribution in [0.1, 0.15) is 82.4 Å². The van der Waals surface area contributed by atoms with Crippen molar-refractivity contribution < 1.29 is 14.3 Å². The summed E-state index contributed by atoms with van der Waals surface area (Å²) in [4.78, 5) is 32.6. The van der Waals surface area contributed by atoms with Crippen molar-refractivity contribution in [2.75, 3.05) is 35.3 Å². The molecular weight excluding hydrogens is 522 g/mol. The van der Waals surface area contributed by atoms with E-state index in [1.54, 1.807) is 7.11 Å². The molecule has 2 atom stereocenters. The fraction of sp³-hybridized carbons (Fsp3) is 0.389. The van der Waals surface area contributed by atoms with E-state index in [4.69, 9.17) is 4.74 Å². The van der Waals surface area contributed by atoms with Crippen molar-refractivity contribution in [3.63, 3.8) is 0 Å². The van der Waals surface area contributed by atoms with E-state index >= 15 is 0 Å². The number of ketones is 1. The third kappa shape index (κ3) is 5.94. The number of Topliss-reactive ketones (excluding diaryl/α,β-unsaturated/α-hetero) is 1. The minimum absolute atomic E-state index is 0.0410. The maximum absolute atomic E-state index is 14.3. The Bertz CT molecular complexity index is 1420. The van der Waals surface area contributed by atoms with Crippen LogP contribution < -0.4 is 19.9 Å². The van der Waals surface area contributed by atoms with Gasteiger partial charge in [0.15, 0.2) is 5.78 Å². The predicted octanol–water partition coefficient (Wildman–Crippen LogP) is 8.02. The lowest BCUT2D eigenvalue weighted by Gasteiger charge is -2.35. The first kappa shape index (κ1) is 29.4. The highest BCUT2D eigenvalue weighted by atomic mass is 16.5. The van der Waals surface area contributed by atoms with Crippen molar-refractivity contribution in [1.82, 2.24) is 0 Å². The Hall–Kier alpha value is -4.06. The minimum atomic E-state index is -0.500. The predicted molar refractivity (Wildman–Crippen MR) is 171 cm³/mol. The Morgan fingerprint density at radius 2 is 1.60 bits per heavy atom. The van der Waals surface area contributed by atoms with Gasteiger partial charge in [-0.2, -0.15) is 0 Å². The minimum Gasteiger partial charge on any atom is -0.497 e. The lowest BCUT2D eigenvalue weighted by molar-refractivity contribution is -0.119. The van der Waals surface area contributed by atoms with Gasteiger partial charge in [-0.25, -0.2) is 0 Å². The van der Waals surface area contributed by atoms with Gasteiger partial charge in [0.05, 0.1) is 24.5 Å². The van der Waals surface area contributed by atoms with Crippen LogP contribution >= 0.6 is 0 Å². The zero-order valence-electron chi connectivity index (χ0n) is 25.4. The van der Waals surface area contributed by atoms with Crippen LogP contribution in [0, 0.1) is 0 Å². The van der Waals surface area contributed by atoms with Gasteiger partial charge in [-0.3, -0.25) is 14.5 Å². The monoisotopic (exact) mass is 565 g/mol. The number of allylic oxidation sites excluding steroid dienone is 1. The number of carbonyl (C=O) groups is 2. The van der Waals surface area contributed by atoms with Gasteiger partial charge in [-0.15, -0.1) is 0 Å². The molecule has 0 fully saturated rings. The molecule has 3 aromatic rings. The van der Waals surface area contributed by atoms with Crippen LogP contribution in [0.2, 0.25) is 0 Å². The van der Waals surface area contributed by atoms with E-state index in [0.29, 0.717) is 24.8 Å². The fourth-order valence-electron chi connectivity index (χ4n) is 6.40. The molecule has 2 unspecified atom stereocenters. The van der Waals surface area contributed by atoms with Gasteiger partial charge in [0.1, 0.15) is 5.75 Å². The molecule has 0 radical (unpaired) electrons. The number of unbranched alkanes of at least 4 members (excludes halogenated alkanes) is 2. The number of hydrogen-bond acceptors (Lipinski definition) is 5. The second kappa shape index (κ2) is 13.3. The molecule has 0 aromatic heterocycles. The van der Waals surface area contributed by atoms with Crippen LogP contribution in [-0.4, -0.2) is 31.9 Å². The Morgan fingerprint density at radius 1 is 0.905 bits per heavy atom. The highest BCUT2D eigenvalue weighted by Crippen LogP contribution is 2.48. The maximum Gasteiger partial charge on any atom is 0.227 e. The molecule has 5 rings (SSSR count). The average molecular weight is 566 g/mol. The molecule has 0 saturated heterocycles. The van der Waals surface area contributed by atoms with Crippen molar-refractivity contribution >= 4 is 28.8 Å². The van der Waals surface area contributed by atoms with E-state index in [-0.39, 0.29) is 17.6 Å². The molecule has 0 spiro atoms. The molecule has 1 heterocycles. The molecule has 3 aromatic carbocycles. The maximum atomic E-state index is 14.3. The quantitative estimate of drug-likeness (QED) is 0.252. The van der Waals surface area contributed by atoms with Crippen LogP contribution in [0.15, 0.2) is 84.1 Å². The second-order valence-corrected chi connectivity index (χ2v) is 11.2. The van der Waals surface area contributed by atoms with Crippen LogP contribution in [0.5, 0.6) is 5.75 Å². The molecule has 1 amide bonds. The van der Waals surface area contributed by atoms with Crippen molar-refractivity contribution in [1.29, 1.82) is 0 Å². The molecule has 2 aliphatic rings. The number of para-hydroxylation sites is 2. The number of ether oxygens (including phenoxy) is 1. The Kier molecular flexibility index (Phi) is 9.31. The summed E-state index contributed by atoms with van der Waals surface area (Å²) >= 11 is 0. The van der Waals surface area contributed by atoms with E-state index < -0.39 is 6.04 Å². The number of nitrogens with zero attached hydrogens (tertiary/aromatic N) is 2. The lowest BCUT2D eigenvalue weighted by atomic mass is 9.78. The number of hydrogen-bond donors (Lipinski definition) is 1. The number of amides is 1. The summed E-state index contributed by atoms with van der Waals surface area (Å²) in [5, 5.41) is 3.65. The molecule has 1 aliphatic heterocycles. The third-order valence-corrected chi connectivity index (χ3v) is 8.68. The van der Waals surface area contributed by atoms with E-state index in [1.807, 2.05) is 41.3 Å². The first-order valence-corrected chi connectivity index (χ1v) is 15.4. The zero-order chi connectivity index (χ0) is 29.6. The van der Waals surface area contributed by atoms with Crippen LogP contribution in [0.4, 0.5) is 17.1 Å². The van der Waals surface area contributed by atoms with Crippen molar-refractivity contribution in [3.8, 4) is 5.75 Å². The largest absolute Gasteiger partial charge is 0.497 e.